The Labute approximate surface area is 93.0 Å². The summed E-state index contributed by atoms with van der Waals surface area (Å²) in [7, 11) is 0. The highest BCUT2D eigenvalue weighted by Crippen LogP contribution is 2.17. The lowest BCUT2D eigenvalue weighted by molar-refractivity contribution is 0.104. The largest absolute Gasteiger partial charge is 0.488 e. The molecule has 0 aliphatic rings. The third-order valence-corrected chi connectivity index (χ3v) is 1.95. The summed E-state index contributed by atoms with van der Waals surface area (Å²) >= 11 is 0. The van der Waals surface area contributed by atoms with Crippen LogP contribution in [0.5, 0.6) is 5.75 Å². The standard InChI is InChI=1S/C11H15F2NO2/c1-2-14-6-9(15)7-16-11-5-8(12)3-4-10(11)13/h3-5,9,14-15H,2,6-7H2,1H3. The predicted octanol–water partition coefficient (Wildman–Crippen LogP) is 1.31. The summed E-state index contributed by atoms with van der Waals surface area (Å²) in [4.78, 5) is 0. The number of rotatable bonds is 6. The first-order valence-electron chi connectivity index (χ1n) is 5.10. The van der Waals surface area contributed by atoms with Gasteiger partial charge >= 0.3 is 0 Å². The molecule has 0 aromatic heterocycles. The first-order valence-corrected chi connectivity index (χ1v) is 5.10. The van der Waals surface area contributed by atoms with Crippen LogP contribution in [-0.4, -0.2) is 30.9 Å². The molecule has 0 aliphatic heterocycles. The molecule has 1 atom stereocenters. The Morgan fingerprint density at radius 2 is 2.19 bits per heavy atom. The van der Waals surface area contributed by atoms with Crippen LogP contribution in [0.15, 0.2) is 18.2 Å². The van der Waals surface area contributed by atoms with Gasteiger partial charge in [0.1, 0.15) is 18.5 Å². The lowest BCUT2D eigenvalue weighted by atomic mass is 10.3. The maximum absolute atomic E-state index is 13.1. The van der Waals surface area contributed by atoms with E-state index in [0.29, 0.717) is 6.54 Å². The fourth-order valence-electron chi connectivity index (χ4n) is 1.14. The van der Waals surface area contributed by atoms with Gasteiger partial charge in [0.2, 0.25) is 0 Å². The minimum absolute atomic E-state index is 0.0760. The summed E-state index contributed by atoms with van der Waals surface area (Å²) in [5.74, 6) is -1.40. The van der Waals surface area contributed by atoms with Crippen LogP contribution < -0.4 is 10.1 Å². The lowest BCUT2D eigenvalue weighted by Crippen LogP contribution is -2.31. The van der Waals surface area contributed by atoms with Gasteiger partial charge in [-0.3, -0.25) is 0 Å². The van der Waals surface area contributed by atoms with E-state index in [1.807, 2.05) is 6.92 Å². The Kier molecular flexibility index (Phi) is 5.14. The summed E-state index contributed by atoms with van der Waals surface area (Å²) in [6.45, 7) is 2.91. The third-order valence-electron chi connectivity index (χ3n) is 1.95. The van der Waals surface area contributed by atoms with E-state index in [2.05, 4.69) is 5.32 Å². The molecule has 0 radical (unpaired) electrons. The molecule has 0 spiro atoms. The molecule has 1 aromatic carbocycles. The van der Waals surface area contributed by atoms with Gasteiger partial charge in [0, 0.05) is 12.6 Å². The summed E-state index contributed by atoms with van der Waals surface area (Å²) in [6.07, 6.45) is -0.748. The average Bonchev–Trinajstić information content (AvgIpc) is 2.27. The summed E-state index contributed by atoms with van der Waals surface area (Å²) in [5.41, 5.74) is 0. The van der Waals surface area contributed by atoms with Crippen molar-refractivity contribution in [3.05, 3.63) is 29.8 Å². The number of likely N-dealkylation sites (N-methyl/N-ethyl adjacent to an activating group) is 1. The van der Waals surface area contributed by atoms with Gasteiger partial charge in [0.25, 0.3) is 0 Å². The molecule has 2 N–H and O–H groups in total. The molecule has 16 heavy (non-hydrogen) atoms. The van der Waals surface area contributed by atoms with Gasteiger partial charge in [-0.05, 0) is 18.7 Å². The van der Waals surface area contributed by atoms with Crippen LogP contribution in [0.25, 0.3) is 0 Å². The molecule has 0 fully saturated rings. The van der Waals surface area contributed by atoms with E-state index in [1.165, 1.54) is 0 Å². The average molecular weight is 231 g/mol. The number of hydrogen-bond donors (Lipinski definition) is 2. The zero-order valence-electron chi connectivity index (χ0n) is 9.04. The van der Waals surface area contributed by atoms with Crippen LogP contribution >= 0.6 is 0 Å². The molecule has 0 aliphatic carbocycles. The van der Waals surface area contributed by atoms with E-state index in [4.69, 9.17) is 4.74 Å². The molecule has 0 heterocycles. The smallest absolute Gasteiger partial charge is 0.165 e. The summed E-state index contributed by atoms with van der Waals surface area (Å²) < 4.78 is 30.8. The summed E-state index contributed by atoms with van der Waals surface area (Å²) in [6, 6.07) is 2.95. The number of halogens is 2. The number of aliphatic hydroxyl groups is 1. The topological polar surface area (TPSA) is 41.5 Å². The fraction of sp³-hybridized carbons (Fsp3) is 0.455. The van der Waals surface area contributed by atoms with E-state index in [1.54, 1.807) is 0 Å². The Bertz CT molecular complexity index is 334. The van der Waals surface area contributed by atoms with Gasteiger partial charge < -0.3 is 15.2 Å². The second kappa shape index (κ2) is 6.40. The minimum Gasteiger partial charge on any atom is -0.488 e. The van der Waals surface area contributed by atoms with Crippen molar-refractivity contribution < 1.29 is 18.6 Å². The fourth-order valence-corrected chi connectivity index (χ4v) is 1.14. The molecule has 0 bridgehead atoms. The highest BCUT2D eigenvalue weighted by atomic mass is 19.1. The first kappa shape index (κ1) is 12.9. The molecule has 5 heteroatoms. The Morgan fingerprint density at radius 3 is 2.88 bits per heavy atom. The number of ether oxygens (including phenoxy) is 1. The number of aliphatic hydroxyl groups excluding tert-OH is 1. The molecule has 90 valence electrons. The van der Waals surface area contributed by atoms with Crippen molar-refractivity contribution >= 4 is 0 Å². The number of nitrogens with one attached hydrogen (secondary N) is 1. The predicted molar refractivity (Wildman–Crippen MR) is 56.4 cm³/mol. The molecule has 0 saturated heterocycles. The van der Waals surface area contributed by atoms with Crippen LogP contribution in [-0.2, 0) is 0 Å². The highest BCUT2D eigenvalue weighted by Gasteiger charge is 2.08. The van der Waals surface area contributed by atoms with Crippen LogP contribution in [0, 0.1) is 11.6 Å². The minimum atomic E-state index is -0.748. The molecular weight excluding hydrogens is 216 g/mol. The first-order chi connectivity index (χ1) is 7.63. The van der Waals surface area contributed by atoms with Crippen LogP contribution in [0.1, 0.15) is 6.92 Å². The Balaban J connectivity index is 2.44. The molecule has 0 saturated carbocycles. The van der Waals surface area contributed by atoms with Gasteiger partial charge in [0.15, 0.2) is 11.6 Å². The van der Waals surface area contributed by atoms with E-state index in [-0.39, 0.29) is 12.4 Å². The maximum Gasteiger partial charge on any atom is 0.165 e. The van der Waals surface area contributed by atoms with Crippen LogP contribution in [0.2, 0.25) is 0 Å². The monoisotopic (exact) mass is 231 g/mol. The van der Waals surface area contributed by atoms with Crippen molar-refractivity contribution in [3.8, 4) is 5.75 Å². The SMILES string of the molecule is CCNCC(O)COc1cc(F)ccc1F. The van der Waals surface area contributed by atoms with Gasteiger partial charge in [0.05, 0.1) is 0 Å². The van der Waals surface area contributed by atoms with E-state index >= 15 is 0 Å². The van der Waals surface area contributed by atoms with Crippen molar-refractivity contribution in [3.63, 3.8) is 0 Å². The van der Waals surface area contributed by atoms with Crippen LogP contribution in [0.4, 0.5) is 8.78 Å². The maximum atomic E-state index is 13.1. The quantitative estimate of drug-likeness (QED) is 0.775. The highest BCUT2D eigenvalue weighted by molar-refractivity contribution is 5.24. The van der Waals surface area contributed by atoms with E-state index < -0.39 is 17.7 Å². The van der Waals surface area contributed by atoms with Gasteiger partial charge in [-0.15, -0.1) is 0 Å². The number of hydrogen-bond acceptors (Lipinski definition) is 3. The van der Waals surface area contributed by atoms with Crippen molar-refractivity contribution in [2.75, 3.05) is 19.7 Å². The zero-order valence-corrected chi connectivity index (χ0v) is 9.04. The lowest BCUT2D eigenvalue weighted by Gasteiger charge is -2.12. The van der Waals surface area contributed by atoms with Crippen molar-refractivity contribution in [2.24, 2.45) is 0 Å². The second-order valence-electron chi connectivity index (χ2n) is 3.35. The van der Waals surface area contributed by atoms with Gasteiger partial charge in [-0.25, -0.2) is 8.78 Å². The normalized spacial score (nSPS) is 12.5. The molecule has 0 amide bonds. The number of benzene rings is 1. The molecular formula is C11H15F2NO2. The van der Waals surface area contributed by atoms with Crippen molar-refractivity contribution in [1.29, 1.82) is 0 Å². The van der Waals surface area contributed by atoms with Gasteiger partial charge in [-0.2, -0.15) is 0 Å². The molecule has 1 aromatic rings. The summed E-state index contributed by atoms with van der Waals surface area (Å²) in [5, 5.41) is 12.3. The van der Waals surface area contributed by atoms with E-state index in [9.17, 15) is 13.9 Å². The molecule has 1 rings (SSSR count). The zero-order chi connectivity index (χ0) is 12.0. The third kappa shape index (κ3) is 4.12. The Hall–Kier alpha value is -1.20. The molecule has 1 unspecified atom stereocenters. The second-order valence-corrected chi connectivity index (χ2v) is 3.35. The van der Waals surface area contributed by atoms with E-state index in [0.717, 1.165) is 24.7 Å². The molecule has 3 nitrogen and oxygen atoms in total. The van der Waals surface area contributed by atoms with Gasteiger partial charge in [-0.1, -0.05) is 6.92 Å². The Morgan fingerprint density at radius 1 is 1.44 bits per heavy atom. The van der Waals surface area contributed by atoms with Crippen LogP contribution in [0.3, 0.4) is 0 Å². The van der Waals surface area contributed by atoms with Crippen molar-refractivity contribution in [2.45, 2.75) is 13.0 Å². The van der Waals surface area contributed by atoms with Crippen molar-refractivity contribution in [1.82, 2.24) is 5.32 Å².